The van der Waals surface area contributed by atoms with Gasteiger partial charge in [0.25, 0.3) is 0 Å². The third kappa shape index (κ3) is 4.82. The Morgan fingerprint density at radius 2 is 1.74 bits per heavy atom. The summed E-state index contributed by atoms with van der Waals surface area (Å²) >= 11 is 0. The summed E-state index contributed by atoms with van der Waals surface area (Å²) in [5, 5.41) is 7.03. The molecule has 0 aliphatic heterocycles. The van der Waals surface area contributed by atoms with Crippen molar-refractivity contribution in [3.63, 3.8) is 0 Å². The molecule has 5 nitrogen and oxygen atoms in total. The van der Waals surface area contributed by atoms with Crippen LogP contribution < -0.4 is 10.6 Å². The summed E-state index contributed by atoms with van der Waals surface area (Å²) in [4.78, 5) is 4.71. The van der Waals surface area contributed by atoms with Crippen molar-refractivity contribution in [2.75, 3.05) is 6.54 Å². The van der Waals surface area contributed by atoms with Gasteiger partial charge in [0.05, 0.1) is 12.5 Å². The minimum absolute atomic E-state index is 0.381. The molecular weight excluding hydrogens is 338 g/mol. The lowest BCUT2D eigenvalue weighted by molar-refractivity contribution is 0.497. The van der Waals surface area contributed by atoms with Gasteiger partial charge in [-0.25, -0.2) is 4.99 Å². The van der Waals surface area contributed by atoms with Crippen molar-refractivity contribution in [1.29, 1.82) is 0 Å². The van der Waals surface area contributed by atoms with Gasteiger partial charge < -0.3 is 19.5 Å². The van der Waals surface area contributed by atoms with Crippen molar-refractivity contribution in [2.45, 2.75) is 38.3 Å². The molecule has 1 atom stereocenters. The summed E-state index contributed by atoms with van der Waals surface area (Å²) < 4.78 is 10.8. The van der Waals surface area contributed by atoms with E-state index in [0.29, 0.717) is 12.6 Å². The maximum atomic E-state index is 5.41. The summed E-state index contributed by atoms with van der Waals surface area (Å²) in [6, 6.07) is 16.8. The smallest absolute Gasteiger partial charge is 0.191 e. The third-order valence-electron chi connectivity index (χ3n) is 4.90. The van der Waals surface area contributed by atoms with Crippen LogP contribution in [0.1, 0.15) is 29.1 Å². The van der Waals surface area contributed by atoms with E-state index in [4.69, 9.17) is 13.8 Å². The third-order valence-corrected chi connectivity index (χ3v) is 4.90. The molecule has 0 bridgehead atoms. The fraction of sp³-hybridized carbons (Fsp3) is 0.318. The number of hydrogen-bond donors (Lipinski definition) is 2. The molecule has 1 aromatic carbocycles. The SMILES string of the molecule is c1coc(CCNC(=NCc2ccco2)NC2CCc3ccccc3C2)c1. The number of aliphatic imine (C=N–C) groups is 1. The molecule has 1 unspecified atom stereocenters. The number of hydrogen-bond acceptors (Lipinski definition) is 3. The highest BCUT2D eigenvalue weighted by Gasteiger charge is 2.19. The molecule has 0 spiro atoms. The van der Waals surface area contributed by atoms with Gasteiger partial charge in [0, 0.05) is 19.0 Å². The van der Waals surface area contributed by atoms with Crippen LogP contribution in [-0.2, 0) is 25.8 Å². The minimum atomic E-state index is 0.381. The number of fused-ring (bicyclic) bond motifs is 1. The highest BCUT2D eigenvalue weighted by atomic mass is 16.3. The molecule has 1 aliphatic rings. The standard InChI is InChI=1S/C22H25N3O2/c1-2-6-18-15-19(10-9-17(18)5-1)25-22(24-16-21-8-4-14-27-21)23-12-11-20-7-3-13-26-20/h1-8,13-14,19H,9-12,15-16H2,(H2,23,24,25). The van der Waals surface area contributed by atoms with Gasteiger partial charge in [0.15, 0.2) is 5.96 Å². The second-order valence-corrected chi connectivity index (χ2v) is 6.85. The monoisotopic (exact) mass is 363 g/mol. The van der Waals surface area contributed by atoms with Crippen molar-refractivity contribution >= 4 is 5.96 Å². The van der Waals surface area contributed by atoms with E-state index in [0.717, 1.165) is 49.7 Å². The Bertz CT molecular complexity index is 854. The predicted octanol–water partition coefficient (Wildman–Crippen LogP) is 3.71. The average Bonchev–Trinajstić information content (AvgIpc) is 3.40. The van der Waals surface area contributed by atoms with E-state index < -0.39 is 0 Å². The van der Waals surface area contributed by atoms with Gasteiger partial charge in [-0.1, -0.05) is 24.3 Å². The molecule has 140 valence electrons. The van der Waals surface area contributed by atoms with Gasteiger partial charge in [0.2, 0.25) is 0 Å². The molecule has 0 radical (unpaired) electrons. The predicted molar refractivity (Wildman–Crippen MR) is 106 cm³/mol. The van der Waals surface area contributed by atoms with Gasteiger partial charge in [-0.05, 0) is 54.7 Å². The van der Waals surface area contributed by atoms with Crippen LogP contribution in [0.3, 0.4) is 0 Å². The van der Waals surface area contributed by atoms with Crippen LogP contribution in [0.4, 0.5) is 0 Å². The zero-order valence-corrected chi connectivity index (χ0v) is 15.4. The Balaban J connectivity index is 1.38. The van der Waals surface area contributed by atoms with E-state index in [1.54, 1.807) is 12.5 Å². The maximum Gasteiger partial charge on any atom is 0.191 e. The summed E-state index contributed by atoms with van der Waals surface area (Å²) in [7, 11) is 0. The van der Waals surface area contributed by atoms with E-state index in [-0.39, 0.29) is 0 Å². The van der Waals surface area contributed by atoms with E-state index in [2.05, 4.69) is 34.9 Å². The van der Waals surface area contributed by atoms with Gasteiger partial charge in [-0.2, -0.15) is 0 Å². The van der Waals surface area contributed by atoms with Gasteiger partial charge in [-0.3, -0.25) is 0 Å². The van der Waals surface area contributed by atoms with Crippen LogP contribution in [0.15, 0.2) is 74.9 Å². The Kier molecular flexibility index (Phi) is 5.58. The second-order valence-electron chi connectivity index (χ2n) is 6.85. The van der Waals surface area contributed by atoms with Crippen molar-refractivity contribution in [2.24, 2.45) is 4.99 Å². The van der Waals surface area contributed by atoms with E-state index in [1.165, 1.54) is 11.1 Å². The fourth-order valence-corrected chi connectivity index (χ4v) is 3.49. The molecular formula is C22H25N3O2. The first-order valence-corrected chi connectivity index (χ1v) is 9.53. The van der Waals surface area contributed by atoms with Crippen molar-refractivity contribution in [3.05, 3.63) is 83.7 Å². The molecule has 2 N–H and O–H groups in total. The van der Waals surface area contributed by atoms with Gasteiger partial charge >= 0.3 is 0 Å². The Morgan fingerprint density at radius 1 is 0.963 bits per heavy atom. The molecule has 27 heavy (non-hydrogen) atoms. The molecule has 1 aliphatic carbocycles. The summed E-state index contributed by atoms with van der Waals surface area (Å²) in [5.74, 6) is 2.65. The maximum absolute atomic E-state index is 5.41. The zero-order chi connectivity index (χ0) is 18.3. The first kappa shape index (κ1) is 17.5. The summed E-state index contributed by atoms with van der Waals surface area (Å²) in [6.45, 7) is 1.28. The molecule has 0 fully saturated rings. The Hall–Kier alpha value is -2.95. The topological polar surface area (TPSA) is 62.7 Å². The van der Waals surface area contributed by atoms with E-state index in [1.807, 2.05) is 24.3 Å². The first-order valence-electron chi connectivity index (χ1n) is 9.53. The highest BCUT2D eigenvalue weighted by molar-refractivity contribution is 5.80. The van der Waals surface area contributed by atoms with Crippen LogP contribution in [0.2, 0.25) is 0 Å². The largest absolute Gasteiger partial charge is 0.469 e. The Labute approximate surface area is 159 Å². The molecule has 2 aromatic heterocycles. The van der Waals surface area contributed by atoms with Crippen LogP contribution in [0, 0.1) is 0 Å². The first-order chi connectivity index (χ1) is 13.4. The minimum Gasteiger partial charge on any atom is -0.469 e. The molecule has 0 saturated carbocycles. The van der Waals surface area contributed by atoms with E-state index in [9.17, 15) is 0 Å². The van der Waals surface area contributed by atoms with Crippen LogP contribution in [0.5, 0.6) is 0 Å². The van der Waals surface area contributed by atoms with Crippen molar-refractivity contribution in [3.8, 4) is 0 Å². The number of nitrogens with one attached hydrogen (secondary N) is 2. The summed E-state index contributed by atoms with van der Waals surface area (Å²) in [6.07, 6.45) is 7.44. The molecule has 0 saturated heterocycles. The summed E-state index contributed by atoms with van der Waals surface area (Å²) in [5.41, 5.74) is 2.90. The molecule has 5 heteroatoms. The Morgan fingerprint density at radius 3 is 2.52 bits per heavy atom. The lowest BCUT2D eigenvalue weighted by Gasteiger charge is -2.27. The number of furan rings is 2. The fourth-order valence-electron chi connectivity index (χ4n) is 3.49. The lowest BCUT2D eigenvalue weighted by Crippen LogP contribution is -2.46. The van der Waals surface area contributed by atoms with Gasteiger partial charge in [-0.15, -0.1) is 0 Å². The number of aryl methyl sites for hydroxylation is 1. The number of rotatable bonds is 6. The molecule has 0 amide bonds. The number of nitrogens with zero attached hydrogens (tertiary/aromatic N) is 1. The van der Waals surface area contributed by atoms with Gasteiger partial charge in [0.1, 0.15) is 18.1 Å². The normalized spacial score (nSPS) is 16.7. The highest BCUT2D eigenvalue weighted by Crippen LogP contribution is 2.21. The molecule has 4 rings (SSSR count). The number of benzene rings is 1. The number of guanidine groups is 1. The second kappa shape index (κ2) is 8.62. The molecule has 3 aromatic rings. The van der Waals surface area contributed by atoms with Crippen molar-refractivity contribution in [1.82, 2.24) is 10.6 Å². The van der Waals surface area contributed by atoms with Crippen LogP contribution in [-0.4, -0.2) is 18.5 Å². The van der Waals surface area contributed by atoms with Crippen molar-refractivity contribution < 1.29 is 8.83 Å². The van der Waals surface area contributed by atoms with Crippen LogP contribution in [0.25, 0.3) is 0 Å². The van der Waals surface area contributed by atoms with E-state index >= 15 is 0 Å². The van der Waals surface area contributed by atoms with Crippen LogP contribution >= 0.6 is 0 Å². The zero-order valence-electron chi connectivity index (χ0n) is 15.4. The lowest BCUT2D eigenvalue weighted by atomic mass is 9.88. The average molecular weight is 363 g/mol. The quantitative estimate of drug-likeness (QED) is 0.518. The molecule has 2 heterocycles.